The lowest BCUT2D eigenvalue weighted by atomic mass is 10.1. The molecule has 94 valence electrons. The molecule has 1 unspecified atom stereocenters. The molecule has 1 aliphatic rings. The molecule has 0 saturated carbocycles. The fraction of sp³-hybridized carbons (Fsp3) is 0.385. The molecule has 1 aromatic carbocycles. The Morgan fingerprint density at radius 3 is 3.11 bits per heavy atom. The highest BCUT2D eigenvalue weighted by Gasteiger charge is 2.25. The van der Waals surface area contributed by atoms with E-state index >= 15 is 0 Å². The van der Waals surface area contributed by atoms with Crippen molar-refractivity contribution < 1.29 is 9.90 Å². The van der Waals surface area contributed by atoms with E-state index in [9.17, 15) is 4.79 Å². The van der Waals surface area contributed by atoms with Gasteiger partial charge in [-0.15, -0.1) is 0 Å². The van der Waals surface area contributed by atoms with Crippen LogP contribution in [0.25, 0.3) is 0 Å². The van der Waals surface area contributed by atoms with E-state index in [0.717, 1.165) is 6.42 Å². The third-order valence-electron chi connectivity index (χ3n) is 3.07. The molecular weight excluding hydrogens is 230 g/mol. The molecule has 5 nitrogen and oxygen atoms in total. The van der Waals surface area contributed by atoms with Gasteiger partial charge in [-0.25, -0.2) is 4.79 Å². The van der Waals surface area contributed by atoms with E-state index in [2.05, 4.69) is 5.32 Å². The quantitative estimate of drug-likeness (QED) is 0.827. The fourth-order valence-corrected chi connectivity index (χ4v) is 2.04. The van der Waals surface area contributed by atoms with Gasteiger partial charge in [-0.05, 0) is 24.6 Å². The summed E-state index contributed by atoms with van der Waals surface area (Å²) in [6.45, 7) is 1.36. The molecule has 18 heavy (non-hydrogen) atoms. The molecule has 2 amide bonds. The topological polar surface area (TPSA) is 76.4 Å². The molecular formula is C13H15N3O2. The van der Waals surface area contributed by atoms with Gasteiger partial charge in [0.1, 0.15) is 0 Å². The van der Waals surface area contributed by atoms with Crippen LogP contribution < -0.4 is 5.32 Å². The number of hydrogen-bond donors (Lipinski definition) is 2. The molecule has 2 N–H and O–H groups in total. The molecule has 1 aromatic rings. The van der Waals surface area contributed by atoms with Gasteiger partial charge in [0, 0.05) is 31.3 Å². The minimum absolute atomic E-state index is 0.119. The zero-order valence-corrected chi connectivity index (χ0v) is 9.97. The molecule has 2 rings (SSSR count). The average molecular weight is 245 g/mol. The summed E-state index contributed by atoms with van der Waals surface area (Å²) >= 11 is 0. The Morgan fingerprint density at radius 2 is 2.44 bits per heavy atom. The van der Waals surface area contributed by atoms with E-state index in [0.29, 0.717) is 24.3 Å². The lowest BCUT2D eigenvalue weighted by molar-refractivity contribution is 0.209. The third kappa shape index (κ3) is 2.79. The van der Waals surface area contributed by atoms with Crippen molar-refractivity contribution in [2.45, 2.75) is 6.42 Å². The van der Waals surface area contributed by atoms with Crippen LogP contribution in [-0.4, -0.2) is 35.7 Å². The van der Waals surface area contributed by atoms with Crippen molar-refractivity contribution in [2.24, 2.45) is 5.92 Å². The number of nitriles is 1. The number of aliphatic hydroxyl groups excluding tert-OH is 1. The number of anilines is 1. The maximum Gasteiger partial charge on any atom is 0.321 e. The number of rotatable bonds is 2. The number of amides is 2. The highest BCUT2D eigenvalue weighted by molar-refractivity contribution is 5.89. The van der Waals surface area contributed by atoms with Gasteiger partial charge >= 0.3 is 6.03 Å². The summed E-state index contributed by atoms with van der Waals surface area (Å²) in [4.78, 5) is 13.6. The highest BCUT2D eigenvalue weighted by Crippen LogP contribution is 2.17. The Bertz CT molecular complexity index is 481. The zero-order chi connectivity index (χ0) is 13.0. The molecule has 0 spiro atoms. The number of aliphatic hydroxyl groups is 1. The second-order valence-electron chi connectivity index (χ2n) is 4.41. The molecule has 5 heteroatoms. The van der Waals surface area contributed by atoms with Gasteiger partial charge in [-0.1, -0.05) is 6.07 Å². The normalized spacial score (nSPS) is 18.4. The predicted octanol–water partition coefficient (Wildman–Crippen LogP) is 1.40. The summed E-state index contributed by atoms with van der Waals surface area (Å²) in [7, 11) is 0. The number of carbonyl (C=O) groups excluding carboxylic acids is 1. The Labute approximate surface area is 106 Å². The minimum Gasteiger partial charge on any atom is -0.396 e. The molecule has 1 saturated heterocycles. The molecule has 1 atom stereocenters. The van der Waals surface area contributed by atoms with E-state index in [1.165, 1.54) is 0 Å². The van der Waals surface area contributed by atoms with Crippen LogP contribution in [0, 0.1) is 17.2 Å². The van der Waals surface area contributed by atoms with Gasteiger partial charge in [0.05, 0.1) is 11.6 Å². The number of hydrogen-bond acceptors (Lipinski definition) is 3. The number of benzene rings is 1. The van der Waals surface area contributed by atoms with Crippen LogP contribution >= 0.6 is 0 Å². The largest absolute Gasteiger partial charge is 0.396 e. The van der Waals surface area contributed by atoms with Crippen molar-refractivity contribution in [3.8, 4) is 6.07 Å². The Balaban J connectivity index is 1.97. The molecule has 1 aliphatic heterocycles. The van der Waals surface area contributed by atoms with Crippen LogP contribution in [-0.2, 0) is 0 Å². The van der Waals surface area contributed by atoms with Gasteiger partial charge in [-0.3, -0.25) is 0 Å². The number of urea groups is 1. The molecule has 0 aliphatic carbocycles. The van der Waals surface area contributed by atoms with Gasteiger partial charge in [0.2, 0.25) is 0 Å². The van der Waals surface area contributed by atoms with Crippen molar-refractivity contribution in [3.05, 3.63) is 29.8 Å². The second kappa shape index (κ2) is 5.52. The van der Waals surface area contributed by atoms with Crippen molar-refractivity contribution >= 4 is 11.7 Å². The van der Waals surface area contributed by atoms with E-state index in [1.54, 1.807) is 29.2 Å². The van der Waals surface area contributed by atoms with Gasteiger partial charge in [0.25, 0.3) is 0 Å². The first-order valence-electron chi connectivity index (χ1n) is 5.90. The summed E-state index contributed by atoms with van der Waals surface area (Å²) in [6, 6.07) is 8.65. The van der Waals surface area contributed by atoms with E-state index < -0.39 is 0 Å². The van der Waals surface area contributed by atoms with E-state index in [1.807, 2.05) is 6.07 Å². The number of likely N-dealkylation sites (tertiary alicyclic amines) is 1. The Morgan fingerprint density at radius 1 is 1.61 bits per heavy atom. The lowest BCUT2D eigenvalue weighted by Gasteiger charge is -2.17. The van der Waals surface area contributed by atoms with Crippen molar-refractivity contribution in [3.63, 3.8) is 0 Å². The van der Waals surface area contributed by atoms with Crippen molar-refractivity contribution in [1.82, 2.24) is 4.90 Å². The van der Waals surface area contributed by atoms with E-state index in [-0.39, 0.29) is 18.6 Å². The zero-order valence-electron chi connectivity index (χ0n) is 9.97. The monoisotopic (exact) mass is 245 g/mol. The van der Waals surface area contributed by atoms with Crippen LogP contribution in [0.5, 0.6) is 0 Å². The number of nitrogens with zero attached hydrogens (tertiary/aromatic N) is 2. The molecule has 1 heterocycles. The fourth-order valence-electron chi connectivity index (χ4n) is 2.04. The first-order chi connectivity index (χ1) is 8.72. The minimum atomic E-state index is -0.180. The summed E-state index contributed by atoms with van der Waals surface area (Å²) in [6.07, 6.45) is 0.835. The van der Waals surface area contributed by atoms with Crippen LogP contribution in [0.3, 0.4) is 0 Å². The maximum absolute atomic E-state index is 11.9. The standard InChI is InChI=1S/C13H15N3O2/c14-7-10-2-1-3-12(6-10)15-13(18)16-5-4-11(8-16)9-17/h1-3,6,11,17H,4-5,8-9H2,(H,15,18). The third-order valence-corrected chi connectivity index (χ3v) is 3.07. The summed E-state index contributed by atoms with van der Waals surface area (Å²) in [5, 5.41) is 20.6. The van der Waals surface area contributed by atoms with Gasteiger partial charge in [-0.2, -0.15) is 5.26 Å². The smallest absolute Gasteiger partial charge is 0.321 e. The van der Waals surface area contributed by atoms with Gasteiger partial charge < -0.3 is 15.3 Å². The average Bonchev–Trinajstić information content (AvgIpc) is 2.88. The highest BCUT2D eigenvalue weighted by atomic mass is 16.3. The summed E-state index contributed by atoms with van der Waals surface area (Å²) < 4.78 is 0. The molecule has 1 fully saturated rings. The Kier molecular flexibility index (Phi) is 3.80. The van der Waals surface area contributed by atoms with Crippen LogP contribution in [0.2, 0.25) is 0 Å². The van der Waals surface area contributed by atoms with Crippen LogP contribution in [0.1, 0.15) is 12.0 Å². The molecule has 0 radical (unpaired) electrons. The van der Waals surface area contributed by atoms with Crippen LogP contribution in [0.15, 0.2) is 24.3 Å². The number of nitrogens with one attached hydrogen (secondary N) is 1. The SMILES string of the molecule is N#Cc1cccc(NC(=O)N2CCC(CO)C2)c1. The Hall–Kier alpha value is -2.06. The van der Waals surface area contributed by atoms with Crippen LogP contribution in [0.4, 0.5) is 10.5 Å². The molecule has 0 aromatic heterocycles. The first-order valence-corrected chi connectivity index (χ1v) is 5.90. The summed E-state index contributed by atoms with van der Waals surface area (Å²) in [5.74, 6) is 0.182. The second-order valence-corrected chi connectivity index (χ2v) is 4.41. The summed E-state index contributed by atoms with van der Waals surface area (Å²) in [5.41, 5.74) is 1.13. The maximum atomic E-state index is 11.9. The van der Waals surface area contributed by atoms with Crippen molar-refractivity contribution in [1.29, 1.82) is 5.26 Å². The molecule has 0 bridgehead atoms. The van der Waals surface area contributed by atoms with E-state index in [4.69, 9.17) is 10.4 Å². The van der Waals surface area contributed by atoms with Crippen molar-refractivity contribution in [2.75, 3.05) is 25.0 Å². The lowest BCUT2D eigenvalue weighted by Crippen LogP contribution is -2.33. The predicted molar refractivity (Wildman–Crippen MR) is 66.9 cm³/mol. The number of carbonyl (C=O) groups is 1. The van der Waals surface area contributed by atoms with Gasteiger partial charge in [0.15, 0.2) is 0 Å². The first kappa shape index (κ1) is 12.4.